The van der Waals surface area contributed by atoms with Gasteiger partial charge < -0.3 is 15.3 Å². The van der Waals surface area contributed by atoms with Gasteiger partial charge in [-0.2, -0.15) is 0 Å². The summed E-state index contributed by atoms with van der Waals surface area (Å²) in [6, 6.07) is 0. The van der Waals surface area contributed by atoms with Gasteiger partial charge in [-0.15, -0.1) is 0 Å². The third-order valence-corrected chi connectivity index (χ3v) is 3.93. The first-order valence-corrected chi connectivity index (χ1v) is 6.44. The van der Waals surface area contributed by atoms with E-state index in [-0.39, 0.29) is 0 Å². The number of hydrogen-bond acceptors (Lipinski definition) is 3. The second kappa shape index (κ2) is 5.15. The van der Waals surface area contributed by atoms with Gasteiger partial charge in [-0.1, -0.05) is 0 Å². The second-order valence-electron chi connectivity index (χ2n) is 5.07. The highest BCUT2D eigenvalue weighted by molar-refractivity contribution is 5.79. The molecule has 1 aliphatic heterocycles. The molecule has 0 atom stereocenters. The summed E-state index contributed by atoms with van der Waals surface area (Å²) in [6.45, 7) is 4.40. The number of hydrogen-bond donors (Lipinski definition) is 2. The molecule has 0 unspecified atom stereocenters. The molecule has 16 heavy (non-hydrogen) atoms. The van der Waals surface area contributed by atoms with Crippen molar-refractivity contribution in [3.63, 3.8) is 0 Å². The summed E-state index contributed by atoms with van der Waals surface area (Å²) in [5.74, 6) is -0.667. The largest absolute Gasteiger partial charge is 0.480 e. The van der Waals surface area contributed by atoms with Gasteiger partial charge in [-0.25, -0.2) is 0 Å². The lowest BCUT2D eigenvalue weighted by Crippen LogP contribution is -2.57. The van der Waals surface area contributed by atoms with Crippen LogP contribution in [0.2, 0.25) is 0 Å². The van der Waals surface area contributed by atoms with Crippen LogP contribution in [0.5, 0.6) is 0 Å². The van der Waals surface area contributed by atoms with Crippen molar-refractivity contribution in [2.24, 2.45) is 0 Å². The molecule has 1 saturated heterocycles. The number of aliphatic carboxylic acids is 1. The number of carbonyl (C=O) groups is 1. The van der Waals surface area contributed by atoms with Gasteiger partial charge in [0.25, 0.3) is 0 Å². The Morgan fingerprint density at radius 2 is 1.94 bits per heavy atom. The first-order valence-electron chi connectivity index (χ1n) is 6.44. The van der Waals surface area contributed by atoms with E-state index in [0.29, 0.717) is 0 Å². The summed E-state index contributed by atoms with van der Waals surface area (Å²) >= 11 is 0. The van der Waals surface area contributed by atoms with E-state index in [1.165, 1.54) is 25.9 Å². The highest BCUT2D eigenvalue weighted by atomic mass is 16.4. The molecule has 4 nitrogen and oxygen atoms in total. The Morgan fingerprint density at radius 3 is 2.44 bits per heavy atom. The van der Waals surface area contributed by atoms with E-state index in [2.05, 4.69) is 10.2 Å². The van der Waals surface area contributed by atoms with Crippen molar-refractivity contribution in [1.29, 1.82) is 0 Å². The lowest BCUT2D eigenvalue weighted by atomic mass is 9.77. The molecule has 0 spiro atoms. The standard InChI is InChI=1S/C12H22N2O2/c15-11(16)12(5-3-6-12)13-7-4-10-14-8-1-2-9-14/h13H,1-10H2,(H,15,16). The number of nitrogens with zero attached hydrogens (tertiary/aromatic N) is 1. The first-order chi connectivity index (χ1) is 7.73. The average molecular weight is 226 g/mol. The zero-order chi connectivity index (χ0) is 11.4. The minimum absolute atomic E-state index is 0.578. The average Bonchev–Trinajstić information content (AvgIpc) is 2.67. The van der Waals surface area contributed by atoms with E-state index in [1.807, 2.05) is 0 Å². The quantitative estimate of drug-likeness (QED) is 0.665. The summed E-state index contributed by atoms with van der Waals surface area (Å²) in [5, 5.41) is 12.4. The molecule has 2 N–H and O–H groups in total. The Labute approximate surface area is 97.0 Å². The molecule has 1 saturated carbocycles. The summed E-state index contributed by atoms with van der Waals surface area (Å²) in [6.07, 6.45) is 6.36. The van der Waals surface area contributed by atoms with Gasteiger partial charge in [-0.3, -0.25) is 4.79 Å². The summed E-state index contributed by atoms with van der Waals surface area (Å²) in [5.41, 5.74) is -0.578. The molecular formula is C12H22N2O2. The van der Waals surface area contributed by atoms with E-state index >= 15 is 0 Å². The Morgan fingerprint density at radius 1 is 1.25 bits per heavy atom. The number of carboxylic acid groups (broad SMARTS) is 1. The van der Waals surface area contributed by atoms with E-state index in [1.54, 1.807) is 0 Å². The van der Waals surface area contributed by atoms with Gasteiger partial charge in [0.1, 0.15) is 5.54 Å². The van der Waals surface area contributed by atoms with Crippen molar-refractivity contribution >= 4 is 5.97 Å². The highest BCUT2D eigenvalue weighted by Gasteiger charge is 2.43. The van der Waals surface area contributed by atoms with Crippen LogP contribution in [0.3, 0.4) is 0 Å². The van der Waals surface area contributed by atoms with Crippen molar-refractivity contribution in [1.82, 2.24) is 10.2 Å². The Bertz CT molecular complexity index is 245. The van der Waals surface area contributed by atoms with Crippen LogP contribution in [-0.4, -0.2) is 47.7 Å². The van der Waals surface area contributed by atoms with Crippen molar-refractivity contribution in [3.05, 3.63) is 0 Å². The molecule has 1 aliphatic carbocycles. The van der Waals surface area contributed by atoms with Crippen LogP contribution in [0.25, 0.3) is 0 Å². The maximum atomic E-state index is 11.1. The normalized spacial score (nSPS) is 24.2. The van der Waals surface area contributed by atoms with Crippen LogP contribution in [0.15, 0.2) is 0 Å². The van der Waals surface area contributed by atoms with E-state index in [0.717, 1.165) is 38.8 Å². The zero-order valence-corrected chi connectivity index (χ0v) is 9.87. The lowest BCUT2D eigenvalue weighted by Gasteiger charge is -2.38. The molecule has 2 aliphatic rings. The maximum absolute atomic E-state index is 11.1. The zero-order valence-electron chi connectivity index (χ0n) is 9.87. The fourth-order valence-electron chi connectivity index (χ4n) is 2.63. The minimum Gasteiger partial charge on any atom is -0.480 e. The molecule has 0 radical (unpaired) electrons. The number of likely N-dealkylation sites (tertiary alicyclic amines) is 1. The van der Waals surface area contributed by atoms with Crippen LogP contribution in [0.1, 0.15) is 38.5 Å². The van der Waals surface area contributed by atoms with Gasteiger partial charge in [0.15, 0.2) is 0 Å². The molecule has 2 rings (SSSR count). The smallest absolute Gasteiger partial charge is 0.323 e. The van der Waals surface area contributed by atoms with Crippen molar-refractivity contribution in [2.75, 3.05) is 26.2 Å². The van der Waals surface area contributed by atoms with Gasteiger partial charge in [0.2, 0.25) is 0 Å². The third kappa shape index (κ3) is 2.55. The van der Waals surface area contributed by atoms with E-state index in [9.17, 15) is 4.79 Å². The van der Waals surface area contributed by atoms with Crippen LogP contribution in [-0.2, 0) is 4.79 Å². The predicted octanol–water partition coefficient (Wildman–Crippen LogP) is 1.07. The predicted molar refractivity (Wildman–Crippen MR) is 62.5 cm³/mol. The van der Waals surface area contributed by atoms with Crippen LogP contribution < -0.4 is 5.32 Å². The third-order valence-electron chi connectivity index (χ3n) is 3.93. The first kappa shape index (κ1) is 11.9. The van der Waals surface area contributed by atoms with Gasteiger partial charge in [0.05, 0.1) is 0 Å². The molecule has 1 heterocycles. The van der Waals surface area contributed by atoms with Gasteiger partial charge >= 0.3 is 5.97 Å². The molecule has 0 amide bonds. The number of nitrogens with one attached hydrogen (secondary N) is 1. The monoisotopic (exact) mass is 226 g/mol. The molecule has 2 fully saturated rings. The molecular weight excluding hydrogens is 204 g/mol. The molecule has 0 aromatic heterocycles. The number of carboxylic acids is 1. The maximum Gasteiger partial charge on any atom is 0.323 e. The molecule has 0 bridgehead atoms. The molecule has 92 valence electrons. The Hall–Kier alpha value is -0.610. The summed E-state index contributed by atoms with van der Waals surface area (Å²) in [7, 11) is 0. The molecule has 0 aromatic rings. The Balaban J connectivity index is 1.61. The van der Waals surface area contributed by atoms with E-state index in [4.69, 9.17) is 5.11 Å². The Kier molecular flexibility index (Phi) is 3.82. The molecule has 4 heteroatoms. The fraction of sp³-hybridized carbons (Fsp3) is 0.917. The number of rotatable bonds is 6. The minimum atomic E-state index is -0.667. The molecule has 0 aromatic carbocycles. The summed E-state index contributed by atoms with van der Waals surface area (Å²) < 4.78 is 0. The lowest BCUT2D eigenvalue weighted by molar-refractivity contribution is -0.148. The van der Waals surface area contributed by atoms with Crippen LogP contribution in [0, 0.1) is 0 Å². The van der Waals surface area contributed by atoms with Crippen molar-refractivity contribution in [2.45, 2.75) is 44.1 Å². The topological polar surface area (TPSA) is 52.6 Å². The SMILES string of the molecule is O=C(O)C1(NCCCN2CCCC2)CCC1. The second-order valence-corrected chi connectivity index (χ2v) is 5.07. The van der Waals surface area contributed by atoms with E-state index < -0.39 is 11.5 Å². The fourth-order valence-corrected chi connectivity index (χ4v) is 2.63. The van der Waals surface area contributed by atoms with Crippen molar-refractivity contribution in [3.8, 4) is 0 Å². The van der Waals surface area contributed by atoms with Crippen molar-refractivity contribution < 1.29 is 9.90 Å². The highest BCUT2D eigenvalue weighted by Crippen LogP contribution is 2.31. The van der Waals surface area contributed by atoms with Crippen LogP contribution in [0.4, 0.5) is 0 Å². The van der Waals surface area contributed by atoms with Crippen LogP contribution >= 0.6 is 0 Å². The van der Waals surface area contributed by atoms with Gasteiger partial charge in [0, 0.05) is 0 Å². The summed E-state index contributed by atoms with van der Waals surface area (Å²) in [4.78, 5) is 13.5. The van der Waals surface area contributed by atoms with Gasteiger partial charge in [-0.05, 0) is 64.7 Å².